The first kappa shape index (κ1) is 16.8. The summed E-state index contributed by atoms with van der Waals surface area (Å²) < 4.78 is 13.9. The van der Waals surface area contributed by atoms with Crippen molar-refractivity contribution in [3.05, 3.63) is 46.3 Å². The molecule has 4 rings (SSSR count). The number of hydrogen-bond acceptors (Lipinski definition) is 5. The van der Waals surface area contributed by atoms with Crippen LogP contribution in [0.3, 0.4) is 0 Å². The maximum atomic E-state index is 13.1. The average Bonchev–Trinajstić information content (AvgIpc) is 3.27. The summed E-state index contributed by atoms with van der Waals surface area (Å²) in [4.78, 5) is 14.3. The van der Waals surface area contributed by atoms with Gasteiger partial charge in [0, 0.05) is 40.9 Å². The monoisotopic (exact) mass is 358 g/mol. The van der Waals surface area contributed by atoms with Crippen LogP contribution < -0.4 is 0 Å². The Labute approximate surface area is 151 Å². The van der Waals surface area contributed by atoms with Gasteiger partial charge in [0.15, 0.2) is 11.6 Å². The fourth-order valence-corrected chi connectivity index (χ4v) is 5.05. The van der Waals surface area contributed by atoms with Crippen LogP contribution in [-0.2, 0) is 21.8 Å². The lowest BCUT2D eigenvalue weighted by Gasteiger charge is -2.36. The molecule has 0 N–H and O–H groups in total. The third-order valence-electron chi connectivity index (χ3n) is 5.00. The number of ketones is 1. The molecule has 3 heterocycles. The van der Waals surface area contributed by atoms with Gasteiger partial charge in [-0.1, -0.05) is 0 Å². The van der Waals surface area contributed by atoms with Crippen molar-refractivity contribution in [1.82, 2.24) is 9.78 Å². The number of thioether (sulfide) groups is 1. The summed E-state index contributed by atoms with van der Waals surface area (Å²) in [6, 6.07) is 2.00. The number of hydrogen-bond donors (Lipinski definition) is 0. The van der Waals surface area contributed by atoms with Crippen LogP contribution in [0, 0.1) is 13.8 Å². The van der Waals surface area contributed by atoms with Crippen LogP contribution >= 0.6 is 11.8 Å². The van der Waals surface area contributed by atoms with Crippen molar-refractivity contribution in [3.8, 4) is 0 Å². The number of ether oxygens (including phenoxy) is 2. The summed E-state index contributed by atoms with van der Waals surface area (Å²) in [5.41, 5.74) is 4.45. The molecule has 2 aromatic rings. The van der Waals surface area contributed by atoms with Crippen LogP contribution in [0.1, 0.15) is 46.0 Å². The molecular weight excluding hydrogens is 336 g/mol. The number of aromatic nitrogens is 2. The van der Waals surface area contributed by atoms with Gasteiger partial charge in [-0.25, -0.2) is 0 Å². The van der Waals surface area contributed by atoms with Gasteiger partial charge in [0.05, 0.1) is 25.0 Å². The number of carbonyl (C=O) groups is 1. The van der Waals surface area contributed by atoms with Gasteiger partial charge in [-0.15, -0.1) is 11.8 Å². The summed E-state index contributed by atoms with van der Waals surface area (Å²) >= 11 is 1.83. The van der Waals surface area contributed by atoms with E-state index in [1.54, 1.807) is 10.9 Å². The van der Waals surface area contributed by atoms with Crippen molar-refractivity contribution in [2.45, 2.75) is 44.4 Å². The lowest BCUT2D eigenvalue weighted by atomic mass is 9.89. The zero-order valence-corrected chi connectivity index (χ0v) is 15.6. The van der Waals surface area contributed by atoms with E-state index in [0.717, 1.165) is 35.4 Å². The summed E-state index contributed by atoms with van der Waals surface area (Å²) in [6.45, 7) is 8.02. The molecule has 0 bridgehead atoms. The van der Waals surface area contributed by atoms with E-state index in [-0.39, 0.29) is 5.78 Å². The van der Waals surface area contributed by atoms with Crippen molar-refractivity contribution < 1.29 is 14.3 Å². The summed E-state index contributed by atoms with van der Waals surface area (Å²) in [5.74, 6) is 0.287. The minimum atomic E-state index is -0.681. The Morgan fingerprint density at radius 2 is 2.12 bits per heavy atom. The summed E-state index contributed by atoms with van der Waals surface area (Å²) in [5, 5.41) is 4.23. The molecule has 0 radical (unpaired) electrons. The zero-order valence-electron chi connectivity index (χ0n) is 14.8. The number of benzene rings is 1. The van der Waals surface area contributed by atoms with Crippen LogP contribution in [0.5, 0.6) is 0 Å². The maximum Gasteiger partial charge on any atom is 0.197 e. The van der Waals surface area contributed by atoms with E-state index in [1.807, 2.05) is 37.9 Å². The third kappa shape index (κ3) is 2.63. The van der Waals surface area contributed by atoms with Gasteiger partial charge in [0.1, 0.15) is 0 Å². The van der Waals surface area contributed by atoms with E-state index in [2.05, 4.69) is 12.0 Å². The second-order valence-electron chi connectivity index (χ2n) is 6.53. The van der Waals surface area contributed by atoms with Crippen LogP contribution in [0.4, 0.5) is 0 Å². The lowest BCUT2D eigenvalue weighted by Crippen LogP contribution is -2.33. The molecule has 0 atom stereocenters. The predicted octanol–water partition coefficient (Wildman–Crippen LogP) is 3.45. The second kappa shape index (κ2) is 6.27. The normalized spacial score (nSPS) is 18.5. The Morgan fingerprint density at radius 1 is 1.36 bits per heavy atom. The number of nitrogens with zero attached hydrogens (tertiary/aromatic N) is 2. The van der Waals surface area contributed by atoms with Crippen molar-refractivity contribution in [2.75, 3.05) is 19.0 Å². The molecule has 6 heteroatoms. The lowest BCUT2D eigenvalue weighted by molar-refractivity contribution is -0.170. The highest BCUT2D eigenvalue weighted by molar-refractivity contribution is 7.99. The average molecular weight is 358 g/mol. The van der Waals surface area contributed by atoms with Gasteiger partial charge in [-0.3, -0.25) is 9.48 Å². The molecule has 2 aliphatic rings. The standard InChI is InChI=1S/C19H22N2O3S/c1-4-21-11-14(10-20-21)17(22)15-9-12(2)18-16(13(15)3)19(5-8-25-18)23-6-7-24-19/h9-11H,4-8H2,1-3H3. The Kier molecular flexibility index (Phi) is 4.22. The highest BCUT2D eigenvalue weighted by Gasteiger charge is 2.45. The molecule has 1 aromatic heterocycles. The molecule has 0 saturated carbocycles. The predicted molar refractivity (Wildman–Crippen MR) is 96.2 cm³/mol. The molecule has 132 valence electrons. The Balaban J connectivity index is 1.85. The fourth-order valence-electron chi connectivity index (χ4n) is 3.74. The number of aryl methyl sites for hydroxylation is 2. The van der Waals surface area contributed by atoms with E-state index in [1.165, 1.54) is 4.90 Å². The molecule has 1 spiro atoms. The number of rotatable bonds is 3. The van der Waals surface area contributed by atoms with Gasteiger partial charge in [-0.05, 0) is 38.0 Å². The first-order valence-electron chi connectivity index (χ1n) is 8.68. The molecule has 1 fully saturated rings. The van der Waals surface area contributed by atoms with Crippen molar-refractivity contribution in [2.24, 2.45) is 0 Å². The van der Waals surface area contributed by atoms with Crippen LogP contribution in [0.2, 0.25) is 0 Å². The minimum absolute atomic E-state index is 0.00632. The van der Waals surface area contributed by atoms with Gasteiger partial charge in [0.2, 0.25) is 0 Å². The largest absolute Gasteiger partial charge is 0.343 e. The maximum absolute atomic E-state index is 13.1. The number of carbonyl (C=O) groups excluding carboxylic acids is 1. The van der Waals surface area contributed by atoms with E-state index in [9.17, 15) is 4.79 Å². The number of fused-ring (bicyclic) bond motifs is 2. The first-order chi connectivity index (χ1) is 12.1. The molecular formula is C19H22N2O3S. The second-order valence-corrected chi connectivity index (χ2v) is 7.64. The molecule has 0 unspecified atom stereocenters. The SMILES string of the molecule is CCn1cc(C(=O)c2cc(C)c3c(c2C)C2(CCS3)OCCO2)cn1. The van der Waals surface area contributed by atoms with Gasteiger partial charge < -0.3 is 9.47 Å². The van der Waals surface area contributed by atoms with Crippen molar-refractivity contribution >= 4 is 17.5 Å². The quantitative estimate of drug-likeness (QED) is 0.787. The topological polar surface area (TPSA) is 53.4 Å². The molecule has 0 amide bonds. The molecule has 1 aromatic carbocycles. The molecule has 25 heavy (non-hydrogen) atoms. The molecule has 5 nitrogen and oxygen atoms in total. The van der Waals surface area contributed by atoms with Crippen LogP contribution in [0.25, 0.3) is 0 Å². The van der Waals surface area contributed by atoms with Crippen molar-refractivity contribution in [1.29, 1.82) is 0 Å². The minimum Gasteiger partial charge on any atom is -0.343 e. The van der Waals surface area contributed by atoms with Gasteiger partial charge in [0.25, 0.3) is 0 Å². The smallest absolute Gasteiger partial charge is 0.197 e. The van der Waals surface area contributed by atoms with E-state index in [0.29, 0.717) is 24.3 Å². The third-order valence-corrected chi connectivity index (χ3v) is 6.22. The summed E-state index contributed by atoms with van der Waals surface area (Å²) in [6.07, 6.45) is 4.27. The molecule has 2 aliphatic heterocycles. The Morgan fingerprint density at radius 3 is 2.80 bits per heavy atom. The highest BCUT2D eigenvalue weighted by Crippen LogP contribution is 2.49. The summed E-state index contributed by atoms with van der Waals surface area (Å²) in [7, 11) is 0. The molecule has 0 aliphatic carbocycles. The van der Waals surface area contributed by atoms with E-state index >= 15 is 0 Å². The zero-order chi connectivity index (χ0) is 17.6. The highest BCUT2D eigenvalue weighted by atomic mass is 32.2. The van der Waals surface area contributed by atoms with Crippen LogP contribution in [0.15, 0.2) is 23.4 Å². The van der Waals surface area contributed by atoms with Gasteiger partial charge in [-0.2, -0.15) is 5.10 Å². The molecule has 1 saturated heterocycles. The van der Waals surface area contributed by atoms with E-state index in [4.69, 9.17) is 9.47 Å². The Bertz CT molecular complexity index is 837. The first-order valence-corrected chi connectivity index (χ1v) is 9.67. The fraction of sp³-hybridized carbons (Fsp3) is 0.474. The van der Waals surface area contributed by atoms with Gasteiger partial charge >= 0.3 is 0 Å². The van der Waals surface area contributed by atoms with Crippen molar-refractivity contribution in [3.63, 3.8) is 0 Å². The Hall–Kier alpha value is -1.63. The van der Waals surface area contributed by atoms with Crippen LogP contribution in [-0.4, -0.2) is 34.5 Å². The van der Waals surface area contributed by atoms with E-state index < -0.39 is 5.79 Å².